The second-order valence-corrected chi connectivity index (χ2v) is 6.49. The number of nitrogens with zero attached hydrogens (tertiary/aromatic N) is 1. The lowest BCUT2D eigenvalue weighted by atomic mass is 9.84. The van der Waals surface area contributed by atoms with Crippen LogP contribution in [-0.4, -0.2) is 23.1 Å². The van der Waals surface area contributed by atoms with Crippen LogP contribution in [0.3, 0.4) is 0 Å². The quantitative estimate of drug-likeness (QED) is 0.911. The van der Waals surface area contributed by atoms with Gasteiger partial charge in [-0.15, -0.1) is 0 Å². The number of halogens is 3. The topological polar surface area (TPSA) is 23.5 Å². The van der Waals surface area contributed by atoms with E-state index in [-0.39, 0.29) is 0 Å². The fourth-order valence-corrected chi connectivity index (χ4v) is 3.15. The van der Waals surface area contributed by atoms with Crippen molar-refractivity contribution in [3.05, 3.63) is 70.2 Å². The average Bonchev–Trinajstić information content (AvgIpc) is 2.53. The molecule has 0 aromatic heterocycles. The van der Waals surface area contributed by atoms with Crippen LogP contribution >= 0.6 is 11.6 Å². The molecule has 2 aromatic carbocycles. The summed E-state index contributed by atoms with van der Waals surface area (Å²) in [5.41, 5.74) is 0.459. The van der Waals surface area contributed by atoms with Crippen molar-refractivity contribution in [1.29, 1.82) is 0 Å². The highest BCUT2D eigenvalue weighted by molar-refractivity contribution is 6.30. The first-order chi connectivity index (χ1) is 11.0. The predicted molar refractivity (Wildman–Crippen MR) is 86.2 cm³/mol. The summed E-state index contributed by atoms with van der Waals surface area (Å²) in [6, 6.07) is 10.9. The summed E-state index contributed by atoms with van der Waals surface area (Å²) in [6.45, 7) is 1.72. The highest BCUT2D eigenvalue weighted by atomic mass is 35.5. The lowest BCUT2D eigenvalue weighted by Crippen LogP contribution is -2.42. The molecule has 1 saturated heterocycles. The maximum absolute atomic E-state index is 13.7. The van der Waals surface area contributed by atoms with Crippen LogP contribution in [0.1, 0.15) is 24.0 Å². The zero-order valence-electron chi connectivity index (χ0n) is 12.6. The highest BCUT2D eigenvalue weighted by Gasteiger charge is 2.34. The third kappa shape index (κ3) is 3.71. The van der Waals surface area contributed by atoms with Crippen LogP contribution in [0.2, 0.25) is 5.02 Å². The molecule has 1 aliphatic rings. The number of hydrogen-bond donors (Lipinski definition) is 1. The zero-order chi connectivity index (χ0) is 16.4. The van der Waals surface area contributed by atoms with Gasteiger partial charge in [-0.25, -0.2) is 8.78 Å². The summed E-state index contributed by atoms with van der Waals surface area (Å²) in [5.74, 6) is -1.09. The molecular weight excluding hydrogens is 320 g/mol. The van der Waals surface area contributed by atoms with Crippen molar-refractivity contribution >= 4 is 11.6 Å². The second kappa shape index (κ2) is 6.56. The second-order valence-electron chi connectivity index (χ2n) is 6.05. The first-order valence-corrected chi connectivity index (χ1v) is 7.99. The third-order valence-electron chi connectivity index (χ3n) is 4.47. The van der Waals surface area contributed by atoms with Crippen LogP contribution < -0.4 is 0 Å². The molecule has 0 aliphatic carbocycles. The lowest BCUT2D eigenvalue weighted by molar-refractivity contribution is -0.0279. The van der Waals surface area contributed by atoms with Crippen molar-refractivity contribution in [2.45, 2.75) is 25.0 Å². The van der Waals surface area contributed by atoms with Crippen molar-refractivity contribution in [1.82, 2.24) is 4.90 Å². The molecule has 3 rings (SSSR count). The zero-order valence-corrected chi connectivity index (χ0v) is 13.4. The Morgan fingerprint density at radius 1 is 1.04 bits per heavy atom. The Balaban J connectivity index is 1.65. The van der Waals surface area contributed by atoms with Crippen LogP contribution in [-0.2, 0) is 12.1 Å². The first kappa shape index (κ1) is 16.4. The van der Waals surface area contributed by atoms with Crippen LogP contribution in [0.15, 0.2) is 42.5 Å². The Morgan fingerprint density at radius 3 is 2.30 bits per heavy atom. The molecule has 0 unspecified atom stereocenters. The molecule has 2 aromatic rings. The normalized spacial score (nSPS) is 18.1. The number of aliphatic hydroxyl groups is 1. The fraction of sp³-hybridized carbons (Fsp3) is 0.333. The van der Waals surface area contributed by atoms with Crippen LogP contribution in [0.25, 0.3) is 0 Å². The van der Waals surface area contributed by atoms with E-state index in [1.807, 2.05) is 12.1 Å². The molecule has 1 heterocycles. The van der Waals surface area contributed by atoms with E-state index in [2.05, 4.69) is 4.90 Å². The van der Waals surface area contributed by atoms with Gasteiger partial charge in [0.2, 0.25) is 0 Å². The molecular formula is C18H18ClF2NO. The van der Waals surface area contributed by atoms with E-state index in [9.17, 15) is 13.9 Å². The summed E-state index contributed by atoms with van der Waals surface area (Å²) < 4.78 is 26.7. The SMILES string of the molecule is OC1(c2ccc(Cl)cc2)CCN(Cc2ccc(F)cc2F)CC1. The summed E-state index contributed by atoms with van der Waals surface area (Å²) in [4.78, 5) is 2.07. The molecule has 1 aliphatic heterocycles. The van der Waals surface area contributed by atoms with Crippen molar-refractivity contribution in [3.63, 3.8) is 0 Å². The summed E-state index contributed by atoms with van der Waals surface area (Å²) >= 11 is 5.88. The lowest BCUT2D eigenvalue weighted by Gasteiger charge is -2.38. The van der Waals surface area contributed by atoms with Crippen LogP contribution in [0.5, 0.6) is 0 Å². The molecule has 0 atom stereocenters. The molecule has 122 valence electrons. The van der Waals surface area contributed by atoms with E-state index in [1.165, 1.54) is 12.1 Å². The maximum Gasteiger partial charge on any atom is 0.130 e. The Morgan fingerprint density at radius 2 is 1.70 bits per heavy atom. The first-order valence-electron chi connectivity index (χ1n) is 7.61. The van der Waals surface area contributed by atoms with Gasteiger partial charge in [-0.2, -0.15) is 0 Å². The fourth-order valence-electron chi connectivity index (χ4n) is 3.02. The van der Waals surface area contributed by atoms with Gasteiger partial charge in [0.15, 0.2) is 0 Å². The molecule has 2 nitrogen and oxygen atoms in total. The van der Waals surface area contributed by atoms with E-state index >= 15 is 0 Å². The standard InChI is InChI=1S/C18H18ClF2NO/c19-15-4-2-14(3-5-15)18(23)7-9-22(10-8-18)12-13-1-6-16(20)11-17(13)21/h1-6,11,23H,7-10,12H2. The van der Waals surface area contributed by atoms with Crippen LogP contribution in [0.4, 0.5) is 8.78 Å². The van der Waals surface area contributed by atoms with Crippen molar-refractivity contribution in [3.8, 4) is 0 Å². The van der Waals surface area contributed by atoms with Gasteiger partial charge in [-0.3, -0.25) is 4.90 Å². The molecule has 5 heteroatoms. The predicted octanol–water partition coefficient (Wildman–Crippen LogP) is 4.10. The smallest absolute Gasteiger partial charge is 0.130 e. The molecule has 1 fully saturated rings. The van der Waals surface area contributed by atoms with E-state index in [0.29, 0.717) is 43.1 Å². The van der Waals surface area contributed by atoms with Gasteiger partial charge >= 0.3 is 0 Å². The van der Waals surface area contributed by atoms with Crippen molar-refractivity contribution in [2.24, 2.45) is 0 Å². The monoisotopic (exact) mass is 337 g/mol. The van der Waals surface area contributed by atoms with Crippen LogP contribution in [0, 0.1) is 11.6 Å². The van der Waals surface area contributed by atoms with Crippen molar-refractivity contribution in [2.75, 3.05) is 13.1 Å². The minimum Gasteiger partial charge on any atom is -0.385 e. The van der Waals surface area contributed by atoms with Gasteiger partial charge in [-0.1, -0.05) is 29.8 Å². The molecule has 0 radical (unpaired) electrons. The molecule has 0 spiro atoms. The molecule has 0 amide bonds. The van der Waals surface area contributed by atoms with E-state index in [0.717, 1.165) is 11.6 Å². The summed E-state index contributed by atoms with van der Waals surface area (Å²) in [7, 11) is 0. The van der Waals surface area contributed by atoms with Gasteiger partial charge in [0.1, 0.15) is 11.6 Å². The summed E-state index contributed by atoms with van der Waals surface area (Å²) in [5, 5.41) is 11.5. The van der Waals surface area contributed by atoms with E-state index < -0.39 is 17.2 Å². The van der Waals surface area contributed by atoms with Gasteiger partial charge in [0, 0.05) is 36.3 Å². The Kier molecular flexibility index (Phi) is 4.67. The maximum atomic E-state index is 13.7. The van der Waals surface area contributed by atoms with Gasteiger partial charge in [0.05, 0.1) is 5.60 Å². The minimum atomic E-state index is -0.873. The summed E-state index contributed by atoms with van der Waals surface area (Å²) in [6.07, 6.45) is 1.13. The highest BCUT2D eigenvalue weighted by Crippen LogP contribution is 2.33. The average molecular weight is 338 g/mol. The van der Waals surface area contributed by atoms with Crippen molar-refractivity contribution < 1.29 is 13.9 Å². The number of rotatable bonds is 3. The largest absolute Gasteiger partial charge is 0.385 e. The van der Waals surface area contributed by atoms with Gasteiger partial charge in [-0.05, 0) is 36.6 Å². The Bertz CT molecular complexity index is 682. The molecule has 0 saturated carbocycles. The number of piperidine rings is 1. The minimum absolute atomic E-state index is 0.419. The molecule has 23 heavy (non-hydrogen) atoms. The number of likely N-dealkylation sites (tertiary alicyclic amines) is 1. The number of hydrogen-bond acceptors (Lipinski definition) is 2. The Hall–Kier alpha value is -1.49. The van der Waals surface area contributed by atoms with Gasteiger partial charge < -0.3 is 5.11 Å². The van der Waals surface area contributed by atoms with E-state index in [1.54, 1.807) is 12.1 Å². The molecule has 0 bridgehead atoms. The van der Waals surface area contributed by atoms with E-state index in [4.69, 9.17) is 11.6 Å². The Labute approximate surface area is 139 Å². The van der Waals surface area contributed by atoms with Gasteiger partial charge in [0.25, 0.3) is 0 Å². The number of benzene rings is 2. The third-order valence-corrected chi connectivity index (χ3v) is 4.73. The molecule has 1 N–H and O–H groups in total.